The molecule has 1 saturated heterocycles. The van der Waals surface area contributed by atoms with E-state index in [-0.39, 0.29) is 0 Å². The van der Waals surface area contributed by atoms with Gasteiger partial charge in [-0.2, -0.15) is 0 Å². The standard InChI is InChI=1S/C9H19NOS/c1-8(2)6-10-9-4-5-12(3,11)7-9/h8-10H,3-7H2,1-2H3/t9-,12?/m0/s1. The van der Waals surface area contributed by atoms with Crippen molar-refractivity contribution in [2.45, 2.75) is 26.3 Å². The van der Waals surface area contributed by atoms with Crippen LogP contribution in [0.4, 0.5) is 0 Å². The second kappa shape index (κ2) is 3.79. The highest BCUT2D eigenvalue weighted by atomic mass is 32.2. The molecule has 0 saturated carbocycles. The summed E-state index contributed by atoms with van der Waals surface area (Å²) in [5, 5.41) is 3.42. The summed E-state index contributed by atoms with van der Waals surface area (Å²) in [5.74, 6) is 5.99. The highest BCUT2D eigenvalue weighted by molar-refractivity contribution is 8.00. The van der Waals surface area contributed by atoms with Gasteiger partial charge in [-0.3, -0.25) is 4.21 Å². The van der Waals surface area contributed by atoms with Crippen LogP contribution in [0, 0.1) is 5.92 Å². The lowest BCUT2D eigenvalue weighted by atomic mass is 10.2. The summed E-state index contributed by atoms with van der Waals surface area (Å²) in [4.78, 5) is 0. The third-order valence-electron chi connectivity index (χ3n) is 2.16. The van der Waals surface area contributed by atoms with Crippen molar-refractivity contribution in [3.8, 4) is 0 Å². The monoisotopic (exact) mass is 189 g/mol. The van der Waals surface area contributed by atoms with Crippen LogP contribution in [0.3, 0.4) is 0 Å². The van der Waals surface area contributed by atoms with Gasteiger partial charge in [0.2, 0.25) is 0 Å². The molecule has 12 heavy (non-hydrogen) atoms. The Morgan fingerprint density at radius 1 is 1.67 bits per heavy atom. The largest absolute Gasteiger partial charge is 0.313 e. The smallest absolute Gasteiger partial charge is 0.0313 e. The van der Waals surface area contributed by atoms with Gasteiger partial charge in [-0.25, -0.2) is 0 Å². The van der Waals surface area contributed by atoms with E-state index in [4.69, 9.17) is 0 Å². The molecule has 1 heterocycles. The number of rotatable bonds is 3. The first-order valence-electron chi connectivity index (χ1n) is 4.55. The summed E-state index contributed by atoms with van der Waals surface area (Å²) in [6.45, 7) is 5.40. The second-order valence-electron chi connectivity index (χ2n) is 4.12. The summed E-state index contributed by atoms with van der Waals surface area (Å²) in [6.07, 6.45) is 1.04. The SMILES string of the molecule is C=S1(=O)CC[C@H](NCC(C)C)C1. The van der Waals surface area contributed by atoms with Gasteiger partial charge in [0.05, 0.1) is 0 Å². The molecule has 0 aromatic heterocycles. The number of nitrogens with one attached hydrogen (secondary N) is 1. The maximum absolute atomic E-state index is 11.5. The molecule has 2 nitrogen and oxygen atoms in total. The van der Waals surface area contributed by atoms with Crippen LogP contribution in [-0.4, -0.2) is 34.2 Å². The Labute approximate surface area is 75.7 Å². The van der Waals surface area contributed by atoms with Crippen molar-refractivity contribution in [2.75, 3.05) is 18.1 Å². The Morgan fingerprint density at radius 2 is 2.33 bits per heavy atom. The summed E-state index contributed by atoms with van der Waals surface area (Å²) >= 11 is 0. The second-order valence-corrected chi connectivity index (χ2v) is 6.80. The van der Waals surface area contributed by atoms with E-state index >= 15 is 0 Å². The van der Waals surface area contributed by atoms with Crippen LogP contribution in [0.25, 0.3) is 0 Å². The fraction of sp³-hybridized carbons (Fsp3) is 0.889. The molecule has 0 aliphatic carbocycles. The lowest BCUT2D eigenvalue weighted by Gasteiger charge is -2.12. The van der Waals surface area contributed by atoms with Gasteiger partial charge in [-0.1, -0.05) is 13.8 Å². The topological polar surface area (TPSA) is 29.1 Å². The molecule has 0 aromatic carbocycles. The first-order valence-corrected chi connectivity index (χ1v) is 6.62. The minimum atomic E-state index is -1.71. The fourth-order valence-electron chi connectivity index (χ4n) is 1.45. The van der Waals surface area contributed by atoms with Crippen LogP contribution < -0.4 is 5.32 Å². The molecular weight excluding hydrogens is 170 g/mol. The zero-order chi connectivity index (χ0) is 9.19. The molecule has 3 heteroatoms. The zero-order valence-electron chi connectivity index (χ0n) is 8.01. The summed E-state index contributed by atoms with van der Waals surface area (Å²) in [5.41, 5.74) is 0. The normalized spacial score (nSPS) is 36.1. The maximum atomic E-state index is 11.5. The predicted octanol–water partition coefficient (Wildman–Crippen LogP) is 0.721. The Hall–Kier alpha value is -0.0200. The zero-order valence-corrected chi connectivity index (χ0v) is 8.82. The Morgan fingerprint density at radius 3 is 2.75 bits per heavy atom. The molecule has 0 radical (unpaired) electrons. The predicted molar refractivity (Wildman–Crippen MR) is 56.2 cm³/mol. The average Bonchev–Trinajstić information content (AvgIpc) is 2.26. The third kappa shape index (κ3) is 3.15. The minimum Gasteiger partial charge on any atom is -0.313 e. The van der Waals surface area contributed by atoms with E-state index in [2.05, 4.69) is 25.0 Å². The van der Waals surface area contributed by atoms with Crippen molar-refractivity contribution in [3.05, 3.63) is 0 Å². The van der Waals surface area contributed by atoms with Crippen LogP contribution in [0.15, 0.2) is 0 Å². The van der Waals surface area contributed by atoms with Gasteiger partial charge >= 0.3 is 0 Å². The van der Waals surface area contributed by atoms with E-state index in [0.717, 1.165) is 24.5 Å². The molecule has 72 valence electrons. The highest BCUT2D eigenvalue weighted by Crippen LogP contribution is 2.11. The average molecular weight is 189 g/mol. The molecule has 1 N–H and O–H groups in total. The van der Waals surface area contributed by atoms with Gasteiger partial charge in [0.25, 0.3) is 0 Å². The van der Waals surface area contributed by atoms with Crippen molar-refractivity contribution < 1.29 is 4.21 Å². The van der Waals surface area contributed by atoms with Crippen LogP contribution in [-0.2, 0) is 9.52 Å². The Kier molecular flexibility index (Phi) is 3.18. The molecule has 0 bridgehead atoms. The van der Waals surface area contributed by atoms with Crippen molar-refractivity contribution in [2.24, 2.45) is 5.92 Å². The first-order chi connectivity index (χ1) is 5.49. The lowest BCUT2D eigenvalue weighted by Crippen LogP contribution is -2.32. The molecule has 0 amide bonds. The highest BCUT2D eigenvalue weighted by Gasteiger charge is 2.22. The molecule has 0 spiro atoms. The number of hydrogen-bond acceptors (Lipinski definition) is 2. The molecule has 2 atom stereocenters. The molecule has 1 rings (SSSR count). The van der Waals surface area contributed by atoms with Crippen LogP contribution in [0.1, 0.15) is 20.3 Å². The Bertz CT molecular complexity index is 231. The van der Waals surface area contributed by atoms with E-state index < -0.39 is 9.52 Å². The van der Waals surface area contributed by atoms with E-state index in [9.17, 15) is 4.21 Å². The fourth-order valence-corrected chi connectivity index (χ4v) is 3.35. The molecule has 1 aliphatic rings. The lowest BCUT2D eigenvalue weighted by molar-refractivity contribution is 0.489. The van der Waals surface area contributed by atoms with E-state index in [1.807, 2.05) is 0 Å². The van der Waals surface area contributed by atoms with Crippen LogP contribution in [0.5, 0.6) is 0 Å². The summed E-state index contributed by atoms with van der Waals surface area (Å²) in [6, 6.07) is 0.456. The quantitative estimate of drug-likeness (QED) is 0.663. The summed E-state index contributed by atoms with van der Waals surface area (Å²) < 4.78 is 11.5. The third-order valence-corrected chi connectivity index (χ3v) is 4.15. The summed E-state index contributed by atoms with van der Waals surface area (Å²) in [7, 11) is -1.71. The van der Waals surface area contributed by atoms with Crippen LogP contribution in [0.2, 0.25) is 0 Å². The van der Waals surface area contributed by atoms with E-state index in [1.165, 1.54) is 0 Å². The molecule has 1 unspecified atom stereocenters. The van der Waals surface area contributed by atoms with Gasteiger partial charge in [-0.15, -0.1) is 0 Å². The van der Waals surface area contributed by atoms with Crippen LogP contribution >= 0.6 is 0 Å². The van der Waals surface area contributed by atoms with E-state index in [1.54, 1.807) is 0 Å². The first kappa shape index (κ1) is 10.1. The van der Waals surface area contributed by atoms with Gasteiger partial charge in [0.15, 0.2) is 0 Å². The van der Waals surface area contributed by atoms with E-state index in [0.29, 0.717) is 12.0 Å². The van der Waals surface area contributed by atoms with Crippen molar-refractivity contribution in [1.29, 1.82) is 0 Å². The Balaban J connectivity index is 2.29. The molecule has 1 aliphatic heterocycles. The van der Waals surface area contributed by atoms with Crippen molar-refractivity contribution >= 4 is 15.4 Å². The minimum absolute atomic E-state index is 0.456. The molecular formula is C9H19NOS. The van der Waals surface area contributed by atoms with Gasteiger partial charge in [0.1, 0.15) is 0 Å². The molecule has 1 fully saturated rings. The number of hydrogen-bond donors (Lipinski definition) is 1. The van der Waals surface area contributed by atoms with Gasteiger partial charge in [-0.05, 0) is 34.3 Å². The maximum Gasteiger partial charge on any atom is 0.0313 e. The van der Waals surface area contributed by atoms with Crippen molar-refractivity contribution in [1.82, 2.24) is 5.32 Å². The van der Waals surface area contributed by atoms with Gasteiger partial charge < -0.3 is 5.32 Å². The molecule has 0 aromatic rings. The van der Waals surface area contributed by atoms with Gasteiger partial charge in [0, 0.05) is 17.5 Å². The van der Waals surface area contributed by atoms with Crippen molar-refractivity contribution in [3.63, 3.8) is 0 Å².